The zero-order valence-corrected chi connectivity index (χ0v) is 14.0. The van der Waals surface area contributed by atoms with Crippen LogP contribution in [0.3, 0.4) is 0 Å². The van der Waals surface area contributed by atoms with Crippen LogP contribution in [0.1, 0.15) is 29.7 Å². The smallest absolute Gasteiger partial charge is 0.269 e. The van der Waals surface area contributed by atoms with Gasteiger partial charge in [-0.2, -0.15) is 0 Å². The summed E-state index contributed by atoms with van der Waals surface area (Å²) in [6.45, 7) is 3.84. The molecule has 0 aromatic heterocycles. The van der Waals surface area contributed by atoms with Gasteiger partial charge in [-0.1, -0.05) is 42.0 Å². The lowest BCUT2D eigenvalue weighted by Crippen LogP contribution is -2.28. The first-order valence-corrected chi connectivity index (χ1v) is 7.64. The van der Waals surface area contributed by atoms with Crippen LogP contribution in [0.2, 0.25) is 0 Å². The SMILES string of the molecule is Cc1cccc(/C=C/C(=O)N(C)[C@@H](C)c2cccc([N+](=O)[O-])c2)c1. The predicted octanol–water partition coefficient (Wildman–Crippen LogP) is 4.14. The Morgan fingerprint density at radius 2 is 1.92 bits per heavy atom. The van der Waals surface area contributed by atoms with E-state index < -0.39 is 4.92 Å². The van der Waals surface area contributed by atoms with Crippen molar-refractivity contribution in [2.75, 3.05) is 7.05 Å². The first-order chi connectivity index (χ1) is 11.4. The van der Waals surface area contributed by atoms with Crippen molar-refractivity contribution in [2.24, 2.45) is 0 Å². The van der Waals surface area contributed by atoms with Crippen LogP contribution in [0, 0.1) is 17.0 Å². The number of rotatable bonds is 5. The van der Waals surface area contributed by atoms with Gasteiger partial charge in [0.25, 0.3) is 5.69 Å². The van der Waals surface area contributed by atoms with Crippen LogP contribution < -0.4 is 0 Å². The average molecular weight is 324 g/mol. The van der Waals surface area contributed by atoms with Crippen LogP contribution in [0.15, 0.2) is 54.6 Å². The summed E-state index contributed by atoms with van der Waals surface area (Å²) in [6.07, 6.45) is 3.29. The summed E-state index contributed by atoms with van der Waals surface area (Å²) in [5, 5.41) is 10.9. The van der Waals surface area contributed by atoms with E-state index in [9.17, 15) is 14.9 Å². The Labute approximate surface area is 141 Å². The standard InChI is InChI=1S/C19H20N2O3/c1-14-6-4-7-16(12-14)10-11-19(22)20(3)15(2)17-8-5-9-18(13-17)21(23)24/h4-13,15H,1-3H3/b11-10+/t15-/m0/s1. The number of likely N-dealkylation sites (N-methyl/N-ethyl adjacent to an activating group) is 1. The average Bonchev–Trinajstić information content (AvgIpc) is 2.58. The van der Waals surface area contributed by atoms with Crippen LogP contribution in [0.4, 0.5) is 5.69 Å². The van der Waals surface area contributed by atoms with Crippen molar-refractivity contribution >= 4 is 17.7 Å². The third-order valence-electron chi connectivity index (χ3n) is 3.95. The second-order valence-corrected chi connectivity index (χ2v) is 5.72. The van der Waals surface area contributed by atoms with Gasteiger partial charge in [0.2, 0.25) is 5.91 Å². The zero-order valence-electron chi connectivity index (χ0n) is 14.0. The monoisotopic (exact) mass is 324 g/mol. The number of hydrogen-bond donors (Lipinski definition) is 0. The molecule has 0 aliphatic heterocycles. The summed E-state index contributed by atoms with van der Waals surface area (Å²) in [5.41, 5.74) is 2.84. The van der Waals surface area contributed by atoms with Crippen molar-refractivity contribution < 1.29 is 9.72 Å². The van der Waals surface area contributed by atoms with Crippen LogP contribution in [0.25, 0.3) is 6.08 Å². The molecule has 2 aromatic rings. The van der Waals surface area contributed by atoms with Crippen LogP contribution in [-0.4, -0.2) is 22.8 Å². The molecule has 2 rings (SSSR count). The lowest BCUT2D eigenvalue weighted by molar-refractivity contribution is -0.384. The molecule has 0 N–H and O–H groups in total. The molecule has 1 atom stereocenters. The highest BCUT2D eigenvalue weighted by Crippen LogP contribution is 2.23. The number of hydrogen-bond acceptors (Lipinski definition) is 3. The molecular formula is C19H20N2O3. The second kappa shape index (κ2) is 7.55. The third kappa shape index (κ3) is 4.29. The topological polar surface area (TPSA) is 63.5 Å². The Balaban J connectivity index is 2.12. The molecule has 0 spiro atoms. The number of carbonyl (C=O) groups excluding carboxylic acids is 1. The molecule has 0 saturated heterocycles. The highest BCUT2D eigenvalue weighted by molar-refractivity contribution is 5.91. The van der Waals surface area contributed by atoms with Gasteiger partial charge in [-0.15, -0.1) is 0 Å². The second-order valence-electron chi connectivity index (χ2n) is 5.72. The lowest BCUT2D eigenvalue weighted by Gasteiger charge is -2.24. The molecule has 0 aliphatic rings. The Morgan fingerprint density at radius 3 is 2.58 bits per heavy atom. The van der Waals surface area contributed by atoms with Crippen molar-refractivity contribution in [1.29, 1.82) is 0 Å². The molecule has 124 valence electrons. The minimum Gasteiger partial charge on any atom is -0.335 e. The first-order valence-electron chi connectivity index (χ1n) is 7.64. The number of non-ortho nitro benzene ring substituents is 1. The maximum atomic E-state index is 12.3. The Morgan fingerprint density at radius 1 is 1.21 bits per heavy atom. The van der Waals surface area contributed by atoms with Crippen molar-refractivity contribution in [3.05, 3.63) is 81.4 Å². The first kappa shape index (κ1) is 17.4. The summed E-state index contributed by atoms with van der Waals surface area (Å²) in [7, 11) is 1.69. The molecule has 0 aliphatic carbocycles. The fourth-order valence-electron chi connectivity index (χ4n) is 2.37. The summed E-state index contributed by atoms with van der Waals surface area (Å²) < 4.78 is 0. The molecule has 5 nitrogen and oxygen atoms in total. The molecule has 2 aromatic carbocycles. The van der Waals surface area contributed by atoms with Crippen LogP contribution in [-0.2, 0) is 4.79 Å². The molecule has 5 heteroatoms. The Bertz CT molecular complexity index is 784. The van der Waals surface area contributed by atoms with Gasteiger partial charge < -0.3 is 4.90 Å². The summed E-state index contributed by atoms with van der Waals surface area (Å²) in [6, 6.07) is 13.9. The van der Waals surface area contributed by atoms with Crippen molar-refractivity contribution in [2.45, 2.75) is 19.9 Å². The van der Waals surface area contributed by atoms with Gasteiger partial charge in [0.05, 0.1) is 11.0 Å². The van der Waals surface area contributed by atoms with E-state index in [1.807, 2.05) is 38.1 Å². The number of carbonyl (C=O) groups is 1. The van der Waals surface area contributed by atoms with Gasteiger partial charge in [0.1, 0.15) is 0 Å². The van der Waals surface area contributed by atoms with E-state index in [2.05, 4.69) is 0 Å². The highest BCUT2D eigenvalue weighted by atomic mass is 16.6. The van der Waals surface area contributed by atoms with Gasteiger partial charge in [-0.25, -0.2) is 0 Å². The maximum Gasteiger partial charge on any atom is 0.269 e. The van der Waals surface area contributed by atoms with Crippen molar-refractivity contribution in [3.8, 4) is 0 Å². The predicted molar refractivity (Wildman–Crippen MR) is 94.5 cm³/mol. The van der Waals surface area contributed by atoms with E-state index in [1.54, 1.807) is 30.2 Å². The molecule has 24 heavy (non-hydrogen) atoms. The van der Waals surface area contributed by atoms with Crippen LogP contribution >= 0.6 is 0 Å². The number of nitro benzene ring substituents is 1. The summed E-state index contributed by atoms with van der Waals surface area (Å²) in [4.78, 5) is 24.3. The molecule has 0 heterocycles. The van der Waals surface area contributed by atoms with Gasteiger partial charge in [-0.3, -0.25) is 14.9 Å². The van der Waals surface area contributed by atoms with E-state index in [0.29, 0.717) is 0 Å². The fraction of sp³-hybridized carbons (Fsp3) is 0.211. The zero-order chi connectivity index (χ0) is 17.7. The largest absolute Gasteiger partial charge is 0.335 e. The van der Waals surface area contributed by atoms with E-state index in [-0.39, 0.29) is 17.6 Å². The number of nitrogens with zero attached hydrogens (tertiary/aromatic N) is 2. The number of aryl methyl sites for hydroxylation is 1. The van der Waals surface area contributed by atoms with Gasteiger partial charge in [0.15, 0.2) is 0 Å². The van der Waals surface area contributed by atoms with E-state index in [4.69, 9.17) is 0 Å². The van der Waals surface area contributed by atoms with E-state index in [0.717, 1.165) is 16.7 Å². The van der Waals surface area contributed by atoms with Gasteiger partial charge in [-0.05, 0) is 31.1 Å². The quantitative estimate of drug-likeness (QED) is 0.472. The van der Waals surface area contributed by atoms with Gasteiger partial charge in [0, 0.05) is 25.3 Å². The van der Waals surface area contributed by atoms with Crippen molar-refractivity contribution in [1.82, 2.24) is 4.90 Å². The van der Waals surface area contributed by atoms with Crippen LogP contribution in [0.5, 0.6) is 0 Å². The lowest BCUT2D eigenvalue weighted by atomic mass is 10.1. The summed E-state index contributed by atoms with van der Waals surface area (Å²) in [5.74, 6) is -0.157. The fourth-order valence-corrected chi connectivity index (χ4v) is 2.37. The molecule has 0 saturated carbocycles. The molecule has 0 bridgehead atoms. The molecule has 0 fully saturated rings. The minimum atomic E-state index is -0.435. The molecule has 1 amide bonds. The summed E-state index contributed by atoms with van der Waals surface area (Å²) >= 11 is 0. The Kier molecular flexibility index (Phi) is 5.47. The minimum absolute atomic E-state index is 0.0236. The number of nitro groups is 1. The Hall–Kier alpha value is -2.95. The molecular weight excluding hydrogens is 304 g/mol. The molecule has 0 radical (unpaired) electrons. The number of amides is 1. The van der Waals surface area contributed by atoms with Gasteiger partial charge >= 0.3 is 0 Å². The van der Waals surface area contributed by atoms with Crippen molar-refractivity contribution in [3.63, 3.8) is 0 Å². The van der Waals surface area contributed by atoms with E-state index >= 15 is 0 Å². The third-order valence-corrected chi connectivity index (χ3v) is 3.95. The maximum absolute atomic E-state index is 12.3. The van der Waals surface area contributed by atoms with E-state index in [1.165, 1.54) is 18.2 Å². The normalized spacial score (nSPS) is 12.1. The highest BCUT2D eigenvalue weighted by Gasteiger charge is 2.17. The molecule has 0 unspecified atom stereocenters. The number of benzene rings is 2.